The third-order valence-electron chi connectivity index (χ3n) is 2.64. The van der Waals surface area contributed by atoms with E-state index in [0.717, 1.165) is 10.6 Å². The molecule has 2 amide bonds. The highest BCUT2D eigenvalue weighted by molar-refractivity contribution is 7.10. The summed E-state index contributed by atoms with van der Waals surface area (Å²) < 4.78 is 0. The van der Waals surface area contributed by atoms with Gasteiger partial charge in [-0.15, -0.1) is 11.3 Å². The molecule has 0 fully saturated rings. The largest absolute Gasteiger partial charge is 0.380 e. The first-order chi connectivity index (χ1) is 9.47. The van der Waals surface area contributed by atoms with Gasteiger partial charge in [-0.25, -0.2) is 0 Å². The minimum Gasteiger partial charge on any atom is -0.380 e. The SMILES string of the molecule is NC(=O)c1csc(CNc2ccc(C(N)=O)c(Cl)c2)c1. The second kappa shape index (κ2) is 5.94. The van der Waals surface area contributed by atoms with Crippen molar-refractivity contribution in [1.82, 2.24) is 0 Å². The molecule has 0 bridgehead atoms. The number of nitrogens with one attached hydrogen (secondary N) is 1. The maximum Gasteiger partial charge on any atom is 0.250 e. The van der Waals surface area contributed by atoms with E-state index in [4.69, 9.17) is 23.1 Å². The molecule has 0 saturated carbocycles. The van der Waals surface area contributed by atoms with Gasteiger partial charge in [0.15, 0.2) is 0 Å². The van der Waals surface area contributed by atoms with Gasteiger partial charge in [0.2, 0.25) is 11.8 Å². The number of anilines is 1. The normalized spacial score (nSPS) is 10.2. The molecule has 0 saturated heterocycles. The fourth-order valence-electron chi connectivity index (χ4n) is 1.62. The molecule has 0 aliphatic carbocycles. The number of thiophene rings is 1. The van der Waals surface area contributed by atoms with E-state index in [0.29, 0.717) is 17.1 Å². The van der Waals surface area contributed by atoms with E-state index in [2.05, 4.69) is 5.32 Å². The molecule has 0 aliphatic rings. The first-order valence-electron chi connectivity index (χ1n) is 5.68. The van der Waals surface area contributed by atoms with Gasteiger partial charge in [-0.05, 0) is 24.3 Å². The van der Waals surface area contributed by atoms with Crippen LogP contribution in [-0.2, 0) is 6.54 Å². The van der Waals surface area contributed by atoms with Crippen molar-refractivity contribution in [2.75, 3.05) is 5.32 Å². The van der Waals surface area contributed by atoms with Crippen molar-refractivity contribution in [2.24, 2.45) is 11.5 Å². The van der Waals surface area contributed by atoms with Crippen molar-refractivity contribution in [3.8, 4) is 0 Å². The molecule has 20 heavy (non-hydrogen) atoms. The van der Waals surface area contributed by atoms with Crippen LogP contribution in [0.3, 0.4) is 0 Å². The number of rotatable bonds is 5. The Labute approximate surface area is 124 Å². The number of carbonyl (C=O) groups excluding carboxylic acids is 2. The van der Waals surface area contributed by atoms with Gasteiger partial charge in [0.05, 0.1) is 16.1 Å². The Balaban J connectivity index is 2.05. The summed E-state index contributed by atoms with van der Waals surface area (Å²) in [5, 5.41) is 5.15. The molecule has 1 heterocycles. The van der Waals surface area contributed by atoms with Gasteiger partial charge in [0.25, 0.3) is 0 Å². The second-order valence-electron chi connectivity index (χ2n) is 4.08. The molecule has 5 nitrogen and oxygen atoms in total. The summed E-state index contributed by atoms with van der Waals surface area (Å²) in [5.41, 5.74) is 11.9. The zero-order valence-corrected chi connectivity index (χ0v) is 11.9. The minimum atomic E-state index is -0.564. The fraction of sp³-hybridized carbons (Fsp3) is 0.0769. The highest BCUT2D eigenvalue weighted by Gasteiger charge is 2.08. The summed E-state index contributed by atoms with van der Waals surface area (Å²) in [7, 11) is 0. The van der Waals surface area contributed by atoms with Gasteiger partial charge in [0, 0.05) is 22.5 Å². The average Bonchev–Trinajstić information content (AvgIpc) is 2.85. The molecule has 0 aliphatic heterocycles. The zero-order chi connectivity index (χ0) is 14.7. The monoisotopic (exact) mass is 309 g/mol. The molecule has 0 unspecified atom stereocenters. The van der Waals surface area contributed by atoms with Gasteiger partial charge in [-0.2, -0.15) is 0 Å². The summed E-state index contributed by atoms with van der Waals surface area (Å²) >= 11 is 7.39. The number of nitrogens with two attached hydrogens (primary N) is 2. The highest BCUT2D eigenvalue weighted by Crippen LogP contribution is 2.22. The van der Waals surface area contributed by atoms with Crippen molar-refractivity contribution in [1.29, 1.82) is 0 Å². The van der Waals surface area contributed by atoms with E-state index in [1.165, 1.54) is 11.3 Å². The van der Waals surface area contributed by atoms with Crippen LogP contribution in [0.4, 0.5) is 5.69 Å². The van der Waals surface area contributed by atoms with E-state index in [1.807, 2.05) is 0 Å². The predicted molar refractivity (Wildman–Crippen MR) is 80.1 cm³/mol. The molecule has 0 atom stereocenters. The maximum atomic E-state index is 11.1. The van der Waals surface area contributed by atoms with E-state index >= 15 is 0 Å². The van der Waals surface area contributed by atoms with Gasteiger partial charge < -0.3 is 16.8 Å². The van der Waals surface area contributed by atoms with Crippen molar-refractivity contribution in [2.45, 2.75) is 6.54 Å². The van der Waals surface area contributed by atoms with Crippen LogP contribution in [0.1, 0.15) is 25.6 Å². The summed E-state index contributed by atoms with van der Waals surface area (Å²) in [6.45, 7) is 0.532. The minimum absolute atomic E-state index is 0.282. The molecule has 2 rings (SSSR count). The Kier molecular flexibility index (Phi) is 4.26. The molecule has 0 radical (unpaired) electrons. The molecule has 5 N–H and O–H groups in total. The number of halogens is 1. The Hall–Kier alpha value is -2.05. The summed E-state index contributed by atoms with van der Waals surface area (Å²) in [4.78, 5) is 23.0. The molecule has 104 valence electrons. The first-order valence-corrected chi connectivity index (χ1v) is 6.93. The quantitative estimate of drug-likeness (QED) is 0.789. The lowest BCUT2D eigenvalue weighted by atomic mass is 10.2. The van der Waals surface area contributed by atoms with Crippen LogP contribution in [0.25, 0.3) is 0 Å². The van der Waals surface area contributed by atoms with Crippen LogP contribution in [-0.4, -0.2) is 11.8 Å². The van der Waals surface area contributed by atoms with E-state index in [-0.39, 0.29) is 5.56 Å². The number of amides is 2. The van der Waals surface area contributed by atoms with Crippen molar-refractivity contribution < 1.29 is 9.59 Å². The molecule has 0 spiro atoms. The van der Waals surface area contributed by atoms with Crippen LogP contribution < -0.4 is 16.8 Å². The lowest BCUT2D eigenvalue weighted by Gasteiger charge is -2.07. The maximum absolute atomic E-state index is 11.1. The number of hydrogen-bond acceptors (Lipinski definition) is 4. The van der Waals surface area contributed by atoms with E-state index < -0.39 is 11.8 Å². The molecule has 2 aromatic rings. The van der Waals surface area contributed by atoms with Gasteiger partial charge >= 0.3 is 0 Å². The third-order valence-corrected chi connectivity index (χ3v) is 3.89. The molecule has 1 aromatic carbocycles. The Morgan fingerprint density at radius 2 is 1.95 bits per heavy atom. The third kappa shape index (κ3) is 3.28. The predicted octanol–water partition coefficient (Wildman–Crippen LogP) is 2.21. The molecule has 7 heteroatoms. The van der Waals surface area contributed by atoms with Crippen LogP contribution in [0, 0.1) is 0 Å². The Morgan fingerprint density at radius 3 is 2.50 bits per heavy atom. The van der Waals surface area contributed by atoms with Crippen LogP contribution in [0.15, 0.2) is 29.6 Å². The highest BCUT2D eigenvalue weighted by atomic mass is 35.5. The standard InChI is InChI=1S/C13H12ClN3O2S/c14-11-4-8(1-2-10(11)13(16)19)17-5-9-3-7(6-20-9)12(15)18/h1-4,6,17H,5H2,(H2,15,18)(H2,16,19). The zero-order valence-electron chi connectivity index (χ0n) is 10.4. The number of primary amides is 2. The summed E-state index contributed by atoms with van der Waals surface area (Å²) in [5.74, 6) is -1.01. The van der Waals surface area contributed by atoms with Gasteiger partial charge in [-0.3, -0.25) is 9.59 Å². The Morgan fingerprint density at radius 1 is 1.20 bits per heavy atom. The van der Waals surface area contributed by atoms with Crippen molar-refractivity contribution in [3.63, 3.8) is 0 Å². The van der Waals surface area contributed by atoms with Crippen LogP contribution in [0.5, 0.6) is 0 Å². The van der Waals surface area contributed by atoms with E-state index in [1.54, 1.807) is 29.6 Å². The van der Waals surface area contributed by atoms with E-state index in [9.17, 15) is 9.59 Å². The molecular formula is C13H12ClN3O2S. The van der Waals surface area contributed by atoms with Crippen LogP contribution >= 0.6 is 22.9 Å². The summed E-state index contributed by atoms with van der Waals surface area (Å²) in [6, 6.07) is 6.65. The second-order valence-corrected chi connectivity index (χ2v) is 5.48. The number of benzene rings is 1. The van der Waals surface area contributed by atoms with Crippen molar-refractivity contribution in [3.05, 3.63) is 50.7 Å². The van der Waals surface area contributed by atoms with Gasteiger partial charge in [0.1, 0.15) is 0 Å². The number of hydrogen-bond donors (Lipinski definition) is 3. The van der Waals surface area contributed by atoms with Gasteiger partial charge in [-0.1, -0.05) is 11.6 Å². The summed E-state index contributed by atoms with van der Waals surface area (Å²) in [6.07, 6.45) is 0. The smallest absolute Gasteiger partial charge is 0.250 e. The fourth-order valence-corrected chi connectivity index (χ4v) is 2.70. The lowest BCUT2D eigenvalue weighted by molar-refractivity contribution is 0.0992. The topological polar surface area (TPSA) is 98.2 Å². The Bertz CT molecular complexity index is 669. The number of carbonyl (C=O) groups is 2. The van der Waals surface area contributed by atoms with Crippen LogP contribution in [0.2, 0.25) is 5.02 Å². The molecular weight excluding hydrogens is 298 g/mol. The average molecular weight is 310 g/mol. The molecule has 1 aromatic heterocycles. The first kappa shape index (κ1) is 14.4. The lowest BCUT2D eigenvalue weighted by Crippen LogP contribution is -2.11. The van der Waals surface area contributed by atoms with Crippen molar-refractivity contribution >= 4 is 40.4 Å².